The Morgan fingerprint density at radius 1 is 0.970 bits per heavy atom. The number of aliphatic hydroxyl groups is 1. The lowest BCUT2D eigenvalue weighted by Gasteiger charge is -2.31. The van der Waals surface area contributed by atoms with Crippen LogP contribution in [0.15, 0.2) is 60.7 Å². The molecule has 0 saturated heterocycles. The first-order valence-electron chi connectivity index (χ1n) is 10.7. The molecule has 2 atom stereocenters. The molecule has 33 heavy (non-hydrogen) atoms. The molecule has 2 N–H and O–H groups in total. The fourth-order valence-corrected chi connectivity index (χ4v) is 2.98. The molecule has 2 amide bonds. The van der Waals surface area contributed by atoms with Crippen molar-refractivity contribution in [3.05, 3.63) is 71.8 Å². The van der Waals surface area contributed by atoms with Gasteiger partial charge in [0.1, 0.15) is 18.2 Å². The molecular formula is C25H32N2O6. The largest absolute Gasteiger partial charge is 0.459 e. The van der Waals surface area contributed by atoms with Crippen LogP contribution < -0.4 is 5.32 Å². The number of nitrogens with zero attached hydrogens (tertiary/aromatic N) is 1. The third-order valence-corrected chi connectivity index (χ3v) is 4.73. The van der Waals surface area contributed by atoms with E-state index in [-0.39, 0.29) is 13.0 Å². The first-order valence-corrected chi connectivity index (χ1v) is 10.7. The van der Waals surface area contributed by atoms with Gasteiger partial charge in [-0.3, -0.25) is 9.69 Å². The lowest BCUT2D eigenvalue weighted by Crippen LogP contribution is -2.54. The second-order valence-corrected chi connectivity index (χ2v) is 8.63. The lowest BCUT2D eigenvalue weighted by atomic mass is 10.0. The normalized spacial score (nSPS) is 12.9. The van der Waals surface area contributed by atoms with Gasteiger partial charge in [-0.05, 0) is 31.9 Å². The molecule has 1 unspecified atom stereocenters. The SMILES string of the molecule is CN(C(=O)OC(C)(C)C)[C@H](Cc1ccccc1)C(=O)NC(CO)C(=O)OCc1ccccc1. The van der Waals surface area contributed by atoms with Gasteiger partial charge >= 0.3 is 12.1 Å². The molecule has 0 aliphatic heterocycles. The number of carbonyl (C=O) groups is 3. The summed E-state index contributed by atoms with van der Waals surface area (Å²) in [5.74, 6) is -1.38. The van der Waals surface area contributed by atoms with Crippen LogP contribution in [-0.4, -0.2) is 59.3 Å². The first-order chi connectivity index (χ1) is 15.6. The van der Waals surface area contributed by atoms with Crippen molar-refractivity contribution in [3.8, 4) is 0 Å². The third-order valence-electron chi connectivity index (χ3n) is 4.73. The molecule has 0 spiro atoms. The minimum atomic E-state index is -1.27. The van der Waals surface area contributed by atoms with E-state index in [0.717, 1.165) is 11.1 Å². The van der Waals surface area contributed by atoms with E-state index in [1.165, 1.54) is 11.9 Å². The molecule has 0 heterocycles. The van der Waals surface area contributed by atoms with E-state index in [1.807, 2.05) is 48.5 Å². The Hall–Kier alpha value is -3.39. The number of hydrogen-bond acceptors (Lipinski definition) is 6. The highest BCUT2D eigenvalue weighted by molar-refractivity contribution is 5.90. The predicted octanol–water partition coefficient (Wildman–Crippen LogP) is 2.69. The number of amides is 2. The maximum atomic E-state index is 13.1. The number of benzene rings is 2. The molecule has 0 aliphatic carbocycles. The van der Waals surface area contributed by atoms with Crippen molar-refractivity contribution in [3.63, 3.8) is 0 Å². The van der Waals surface area contributed by atoms with Crippen molar-refractivity contribution in [1.29, 1.82) is 0 Å². The van der Waals surface area contributed by atoms with Crippen LogP contribution in [-0.2, 0) is 32.1 Å². The Morgan fingerprint density at radius 3 is 2.03 bits per heavy atom. The third kappa shape index (κ3) is 8.57. The topological polar surface area (TPSA) is 105 Å². The monoisotopic (exact) mass is 456 g/mol. The van der Waals surface area contributed by atoms with Crippen molar-refractivity contribution in [2.45, 2.75) is 51.5 Å². The second-order valence-electron chi connectivity index (χ2n) is 8.63. The standard InChI is InChI=1S/C25H32N2O6/c1-25(2,3)33-24(31)27(4)21(15-18-11-7-5-8-12-18)22(29)26-20(16-28)23(30)32-17-19-13-9-6-10-14-19/h5-14,20-21,28H,15-17H2,1-4H3,(H,26,29)/t20?,21-/m1/s1. The van der Waals surface area contributed by atoms with Crippen LogP contribution in [0.2, 0.25) is 0 Å². The van der Waals surface area contributed by atoms with Gasteiger partial charge in [-0.1, -0.05) is 60.7 Å². The Bertz CT molecular complexity index is 911. The molecule has 0 aromatic heterocycles. The van der Waals surface area contributed by atoms with Gasteiger partial charge in [-0.2, -0.15) is 0 Å². The molecule has 8 nitrogen and oxygen atoms in total. The van der Waals surface area contributed by atoms with Crippen LogP contribution in [0.3, 0.4) is 0 Å². The number of esters is 1. The summed E-state index contributed by atoms with van der Waals surface area (Å²) in [5.41, 5.74) is 0.856. The highest BCUT2D eigenvalue weighted by Crippen LogP contribution is 2.14. The molecule has 0 bridgehead atoms. The highest BCUT2D eigenvalue weighted by atomic mass is 16.6. The maximum absolute atomic E-state index is 13.1. The van der Waals surface area contributed by atoms with Gasteiger partial charge in [0.15, 0.2) is 6.04 Å². The number of likely N-dealkylation sites (N-methyl/N-ethyl adjacent to an activating group) is 1. The van der Waals surface area contributed by atoms with Gasteiger partial charge in [0.2, 0.25) is 5.91 Å². The molecule has 0 aliphatic rings. The molecule has 178 valence electrons. The molecule has 8 heteroatoms. The Kier molecular flexibility index (Phi) is 9.42. The van der Waals surface area contributed by atoms with Crippen molar-refractivity contribution in [2.75, 3.05) is 13.7 Å². The Morgan fingerprint density at radius 2 is 1.52 bits per heavy atom. The summed E-state index contributed by atoms with van der Waals surface area (Å²) in [6.45, 7) is 4.56. The van der Waals surface area contributed by atoms with Gasteiger partial charge in [-0.15, -0.1) is 0 Å². The Balaban J connectivity index is 2.12. The smallest absolute Gasteiger partial charge is 0.410 e. The van der Waals surface area contributed by atoms with Crippen molar-refractivity contribution >= 4 is 18.0 Å². The number of ether oxygens (including phenoxy) is 2. The van der Waals surface area contributed by atoms with E-state index in [9.17, 15) is 19.5 Å². The average Bonchev–Trinajstić information content (AvgIpc) is 2.79. The quantitative estimate of drug-likeness (QED) is 0.562. The summed E-state index contributed by atoms with van der Waals surface area (Å²) in [5, 5.41) is 12.2. The number of carbonyl (C=O) groups excluding carboxylic acids is 3. The van der Waals surface area contributed by atoms with Crippen molar-refractivity contribution in [2.24, 2.45) is 0 Å². The molecule has 0 fully saturated rings. The van der Waals surface area contributed by atoms with Crippen molar-refractivity contribution in [1.82, 2.24) is 10.2 Å². The molecular weight excluding hydrogens is 424 g/mol. The zero-order valence-corrected chi connectivity index (χ0v) is 19.5. The lowest BCUT2D eigenvalue weighted by molar-refractivity contribution is -0.150. The second kappa shape index (κ2) is 12.0. The molecule has 2 rings (SSSR count). The number of rotatable bonds is 9. The van der Waals surface area contributed by atoms with E-state index < -0.39 is 42.3 Å². The van der Waals surface area contributed by atoms with Crippen molar-refractivity contribution < 1.29 is 29.0 Å². The summed E-state index contributed by atoms with van der Waals surface area (Å²) in [6.07, 6.45) is -0.481. The highest BCUT2D eigenvalue weighted by Gasteiger charge is 2.33. The molecule has 2 aromatic rings. The molecule has 2 aromatic carbocycles. The minimum Gasteiger partial charge on any atom is -0.459 e. The number of hydrogen-bond donors (Lipinski definition) is 2. The number of nitrogens with one attached hydrogen (secondary N) is 1. The van der Waals surface area contributed by atoms with Gasteiger partial charge in [0.05, 0.1) is 6.61 Å². The maximum Gasteiger partial charge on any atom is 0.410 e. The van der Waals surface area contributed by atoms with Gasteiger partial charge in [0, 0.05) is 13.5 Å². The van der Waals surface area contributed by atoms with E-state index in [4.69, 9.17) is 9.47 Å². The Labute approximate surface area is 194 Å². The number of aliphatic hydroxyl groups excluding tert-OH is 1. The zero-order chi connectivity index (χ0) is 24.4. The minimum absolute atomic E-state index is 0.0112. The van der Waals surface area contributed by atoms with E-state index in [0.29, 0.717) is 0 Å². The van der Waals surface area contributed by atoms with E-state index in [2.05, 4.69) is 5.32 Å². The molecule has 0 saturated carbocycles. The van der Waals surface area contributed by atoms with E-state index >= 15 is 0 Å². The summed E-state index contributed by atoms with van der Waals surface area (Å²) < 4.78 is 10.6. The van der Waals surface area contributed by atoms with Gasteiger partial charge < -0.3 is 19.9 Å². The van der Waals surface area contributed by atoms with Crippen LogP contribution >= 0.6 is 0 Å². The van der Waals surface area contributed by atoms with Gasteiger partial charge in [-0.25, -0.2) is 9.59 Å². The van der Waals surface area contributed by atoms with Crippen LogP contribution in [0.4, 0.5) is 4.79 Å². The van der Waals surface area contributed by atoms with Gasteiger partial charge in [0.25, 0.3) is 0 Å². The van der Waals surface area contributed by atoms with Crippen LogP contribution in [0.25, 0.3) is 0 Å². The summed E-state index contributed by atoms with van der Waals surface area (Å²) in [7, 11) is 1.46. The van der Waals surface area contributed by atoms with E-state index in [1.54, 1.807) is 32.9 Å². The average molecular weight is 457 g/mol. The summed E-state index contributed by atoms with van der Waals surface area (Å²) >= 11 is 0. The fourth-order valence-electron chi connectivity index (χ4n) is 2.98. The van der Waals surface area contributed by atoms with Crippen LogP contribution in [0.5, 0.6) is 0 Å². The van der Waals surface area contributed by atoms with Crippen LogP contribution in [0, 0.1) is 0 Å². The fraction of sp³-hybridized carbons (Fsp3) is 0.400. The predicted molar refractivity (Wildman–Crippen MR) is 123 cm³/mol. The van der Waals surface area contributed by atoms with Crippen LogP contribution in [0.1, 0.15) is 31.9 Å². The summed E-state index contributed by atoms with van der Waals surface area (Å²) in [6, 6.07) is 16.0. The molecule has 0 radical (unpaired) electrons. The zero-order valence-electron chi connectivity index (χ0n) is 19.5. The summed E-state index contributed by atoms with van der Waals surface area (Å²) in [4.78, 5) is 39.4. The first kappa shape index (κ1) is 25.9.